The molecule has 21 heavy (non-hydrogen) atoms. The maximum absolute atomic E-state index is 11.8. The Hall–Kier alpha value is -2.27. The number of nitrogens with one attached hydrogen (secondary N) is 2. The van der Waals surface area contributed by atoms with Gasteiger partial charge in [-0.3, -0.25) is 9.59 Å². The van der Waals surface area contributed by atoms with Crippen molar-refractivity contribution >= 4 is 23.4 Å². The van der Waals surface area contributed by atoms with E-state index in [0.717, 1.165) is 5.56 Å². The SMILES string of the molecule is C[C@@H](NC(=O)CNC(=O)c1ccco1)c1ccc(Cl)cc1. The van der Waals surface area contributed by atoms with E-state index in [4.69, 9.17) is 16.0 Å². The van der Waals surface area contributed by atoms with Crippen LogP contribution < -0.4 is 10.6 Å². The Balaban J connectivity index is 1.81. The van der Waals surface area contributed by atoms with Gasteiger partial charge in [0, 0.05) is 5.02 Å². The van der Waals surface area contributed by atoms with E-state index in [2.05, 4.69) is 10.6 Å². The number of carbonyl (C=O) groups excluding carboxylic acids is 2. The van der Waals surface area contributed by atoms with Crippen molar-refractivity contribution in [2.24, 2.45) is 0 Å². The van der Waals surface area contributed by atoms with Gasteiger partial charge in [-0.25, -0.2) is 0 Å². The first-order valence-electron chi connectivity index (χ1n) is 6.43. The highest BCUT2D eigenvalue weighted by atomic mass is 35.5. The van der Waals surface area contributed by atoms with Crippen LogP contribution in [0.3, 0.4) is 0 Å². The minimum atomic E-state index is -0.422. The Bertz CT molecular complexity index is 608. The minimum Gasteiger partial charge on any atom is -0.459 e. The van der Waals surface area contributed by atoms with Crippen LogP contribution in [0.15, 0.2) is 47.1 Å². The number of amides is 2. The maximum Gasteiger partial charge on any atom is 0.287 e. The quantitative estimate of drug-likeness (QED) is 0.891. The summed E-state index contributed by atoms with van der Waals surface area (Å²) in [5.41, 5.74) is 0.935. The zero-order valence-electron chi connectivity index (χ0n) is 11.4. The fraction of sp³-hybridized carbons (Fsp3) is 0.200. The molecule has 6 heteroatoms. The van der Waals surface area contributed by atoms with Crippen LogP contribution in [0.5, 0.6) is 0 Å². The summed E-state index contributed by atoms with van der Waals surface area (Å²) in [4.78, 5) is 23.4. The molecule has 0 saturated heterocycles. The molecular weight excluding hydrogens is 292 g/mol. The van der Waals surface area contributed by atoms with Crippen molar-refractivity contribution in [3.8, 4) is 0 Å². The molecule has 2 rings (SSSR count). The number of carbonyl (C=O) groups is 2. The molecule has 0 fully saturated rings. The van der Waals surface area contributed by atoms with Crippen LogP contribution in [-0.2, 0) is 4.79 Å². The lowest BCUT2D eigenvalue weighted by Gasteiger charge is -2.14. The molecule has 1 atom stereocenters. The maximum atomic E-state index is 11.8. The van der Waals surface area contributed by atoms with E-state index in [9.17, 15) is 9.59 Å². The van der Waals surface area contributed by atoms with E-state index in [1.165, 1.54) is 12.3 Å². The lowest BCUT2D eigenvalue weighted by molar-refractivity contribution is -0.120. The van der Waals surface area contributed by atoms with Crippen LogP contribution in [0.2, 0.25) is 5.02 Å². The van der Waals surface area contributed by atoms with E-state index >= 15 is 0 Å². The second-order valence-corrected chi connectivity index (χ2v) is 4.94. The van der Waals surface area contributed by atoms with Gasteiger partial charge in [-0.05, 0) is 36.8 Å². The average Bonchev–Trinajstić information content (AvgIpc) is 2.99. The second kappa shape index (κ2) is 6.95. The summed E-state index contributed by atoms with van der Waals surface area (Å²) in [6, 6.07) is 10.2. The average molecular weight is 307 g/mol. The third-order valence-electron chi connectivity index (χ3n) is 2.90. The van der Waals surface area contributed by atoms with Crippen molar-refractivity contribution < 1.29 is 14.0 Å². The summed E-state index contributed by atoms with van der Waals surface area (Å²) in [6.45, 7) is 1.74. The molecule has 2 N–H and O–H groups in total. The predicted molar refractivity (Wildman–Crippen MR) is 79.1 cm³/mol. The molecule has 0 spiro atoms. The number of halogens is 1. The molecule has 110 valence electrons. The zero-order valence-corrected chi connectivity index (χ0v) is 12.2. The van der Waals surface area contributed by atoms with Gasteiger partial charge in [0.15, 0.2) is 5.76 Å². The molecule has 1 heterocycles. The minimum absolute atomic E-state index is 0.114. The van der Waals surface area contributed by atoms with Gasteiger partial charge < -0.3 is 15.1 Å². The molecule has 2 aromatic rings. The lowest BCUT2D eigenvalue weighted by Crippen LogP contribution is -2.37. The molecule has 5 nitrogen and oxygen atoms in total. The third-order valence-corrected chi connectivity index (χ3v) is 3.15. The molecule has 0 unspecified atom stereocenters. The van der Waals surface area contributed by atoms with Gasteiger partial charge >= 0.3 is 0 Å². The Morgan fingerprint density at radius 2 is 1.95 bits per heavy atom. The first-order valence-corrected chi connectivity index (χ1v) is 6.80. The number of benzene rings is 1. The van der Waals surface area contributed by atoms with Crippen LogP contribution in [0.4, 0.5) is 0 Å². The van der Waals surface area contributed by atoms with Gasteiger partial charge in [0.1, 0.15) is 0 Å². The first kappa shape index (κ1) is 15.1. The Kier molecular flexibility index (Phi) is 5.00. The van der Waals surface area contributed by atoms with E-state index in [1.807, 2.05) is 19.1 Å². The molecule has 0 bridgehead atoms. The summed E-state index contributed by atoms with van der Waals surface area (Å²) in [7, 11) is 0. The highest BCUT2D eigenvalue weighted by Crippen LogP contribution is 2.15. The van der Waals surface area contributed by atoms with Gasteiger partial charge in [0.25, 0.3) is 5.91 Å². The first-order chi connectivity index (χ1) is 10.1. The molecule has 0 aliphatic heterocycles. The highest BCUT2D eigenvalue weighted by molar-refractivity contribution is 6.30. The van der Waals surface area contributed by atoms with Crippen molar-refractivity contribution in [2.45, 2.75) is 13.0 Å². The van der Waals surface area contributed by atoms with E-state index in [1.54, 1.807) is 18.2 Å². The van der Waals surface area contributed by atoms with E-state index < -0.39 is 5.91 Å². The molecular formula is C15H15ClN2O3. The van der Waals surface area contributed by atoms with Crippen molar-refractivity contribution in [1.29, 1.82) is 0 Å². The Labute approximate surface area is 127 Å². The summed E-state index contributed by atoms with van der Waals surface area (Å²) >= 11 is 5.81. The predicted octanol–water partition coefficient (Wildman–Crippen LogP) is 2.54. The number of rotatable bonds is 5. The van der Waals surface area contributed by atoms with Crippen LogP contribution in [0.1, 0.15) is 29.1 Å². The highest BCUT2D eigenvalue weighted by Gasteiger charge is 2.12. The normalized spacial score (nSPS) is 11.7. The number of hydrogen-bond acceptors (Lipinski definition) is 3. The second-order valence-electron chi connectivity index (χ2n) is 4.50. The van der Waals surface area contributed by atoms with Gasteiger partial charge in [-0.2, -0.15) is 0 Å². The monoisotopic (exact) mass is 306 g/mol. The fourth-order valence-electron chi connectivity index (χ4n) is 1.78. The van der Waals surface area contributed by atoms with Crippen LogP contribution in [0.25, 0.3) is 0 Å². The molecule has 0 aliphatic rings. The van der Waals surface area contributed by atoms with Crippen molar-refractivity contribution in [3.63, 3.8) is 0 Å². The van der Waals surface area contributed by atoms with Gasteiger partial charge in [0.05, 0.1) is 18.8 Å². The largest absolute Gasteiger partial charge is 0.459 e. The summed E-state index contributed by atoms with van der Waals surface area (Å²) in [5.74, 6) is -0.528. The molecule has 2 amide bonds. The van der Waals surface area contributed by atoms with Crippen molar-refractivity contribution in [1.82, 2.24) is 10.6 Å². The summed E-state index contributed by atoms with van der Waals surface area (Å²) < 4.78 is 4.93. The van der Waals surface area contributed by atoms with Crippen LogP contribution in [0, 0.1) is 0 Å². The van der Waals surface area contributed by atoms with Gasteiger partial charge in [0.2, 0.25) is 5.91 Å². The Morgan fingerprint density at radius 1 is 1.24 bits per heavy atom. The standard InChI is InChI=1S/C15H15ClN2O3/c1-10(11-4-6-12(16)7-5-11)18-14(19)9-17-15(20)13-3-2-8-21-13/h2-8,10H,9H2,1H3,(H,17,20)(H,18,19)/t10-/m1/s1. The van der Waals surface area contributed by atoms with Crippen molar-refractivity contribution in [2.75, 3.05) is 6.54 Å². The van der Waals surface area contributed by atoms with Crippen LogP contribution >= 0.6 is 11.6 Å². The van der Waals surface area contributed by atoms with E-state index in [0.29, 0.717) is 5.02 Å². The summed E-state index contributed by atoms with van der Waals surface area (Å²) in [6.07, 6.45) is 1.40. The Morgan fingerprint density at radius 3 is 2.57 bits per heavy atom. The number of furan rings is 1. The van der Waals surface area contributed by atoms with Crippen molar-refractivity contribution in [3.05, 3.63) is 59.0 Å². The number of hydrogen-bond donors (Lipinski definition) is 2. The molecule has 1 aromatic carbocycles. The fourth-order valence-corrected chi connectivity index (χ4v) is 1.91. The molecule has 0 aliphatic carbocycles. The van der Waals surface area contributed by atoms with Gasteiger partial charge in [-0.1, -0.05) is 23.7 Å². The third kappa shape index (κ3) is 4.36. The smallest absolute Gasteiger partial charge is 0.287 e. The lowest BCUT2D eigenvalue weighted by atomic mass is 10.1. The van der Waals surface area contributed by atoms with Gasteiger partial charge in [-0.15, -0.1) is 0 Å². The molecule has 0 saturated carbocycles. The molecule has 1 aromatic heterocycles. The van der Waals surface area contributed by atoms with E-state index in [-0.39, 0.29) is 24.3 Å². The topological polar surface area (TPSA) is 71.3 Å². The van der Waals surface area contributed by atoms with Crippen LogP contribution in [-0.4, -0.2) is 18.4 Å². The summed E-state index contributed by atoms with van der Waals surface area (Å²) in [5, 5.41) is 5.92. The zero-order chi connectivity index (χ0) is 15.2. The molecule has 0 radical (unpaired) electrons.